The zero-order valence-electron chi connectivity index (χ0n) is 12.6. The van der Waals surface area contributed by atoms with Crippen LogP contribution < -0.4 is 5.32 Å². The van der Waals surface area contributed by atoms with E-state index >= 15 is 0 Å². The van der Waals surface area contributed by atoms with Crippen molar-refractivity contribution in [2.75, 3.05) is 5.32 Å². The van der Waals surface area contributed by atoms with Crippen molar-refractivity contribution in [3.8, 4) is 6.07 Å². The molecule has 0 radical (unpaired) electrons. The molecule has 0 saturated carbocycles. The third kappa shape index (κ3) is 2.85. The molecule has 0 fully saturated rings. The van der Waals surface area contributed by atoms with E-state index in [1.807, 2.05) is 24.6 Å². The van der Waals surface area contributed by atoms with Crippen molar-refractivity contribution in [2.24, 2.45) is 7.05 Å². The van der Waals surface area contributed by atoms with Crippen LogP contribution in [0.1, 0.15) is 42.3 Å². The molecular weight excluding hydrogens is 246 g/mol. The molecule has 0 saturated heterocycles. The van der Waals surface area contributed by atoms with Gasteiger partial charge in [-0.05, 0) is 42.2 Å². The van der Waals surface area contributed by atoms with Crippen LogP contribution in [0.2, 0.25) is 0 Å². The van der Waals surface area contributed by atoms with Crippen LogP contribution in [0.25, 0.3) is 0 Å². The molecule has 3 nitrogen and oxygen atoms in total. The van der Waals surface area contributed by atoms with E-state index in [0.29, 0.717) is 11.6 Å². The monoisotopic (exact) mass is 267 g/mol. The molecule has 0 aliphatic rings. The number of aromatic nitrogens is 1. The van der Waals surface area contributed by atoms with Crippen LogP contribution in [0.15, 0.2) is 30.3 Å². The van der Waals surface area contributed by atoms with Gasteiger partial charge < -0.3 is 9.88 Å². The Labute approximate surface area is 120 Å². The Hall–Kier alpha value is -2.21. The summed E-state index contributed by atoms with van der Waals surface area (Å²) in [5.41, 5.74) is 5.46. The molecule has 0 spiro atoms. The average molecular weight is 267 g/mol. The maximum absolute atomic E-state index is 9.05. The number of hydrogen-bond acceptors (Lipinski definition) is 2. The predicted octanol–water partition coefficient (Wildman–Crippen LogP) is 3.94. The van der Waals surface area contributed by atoms with Crippen molar-refractivity contribution in [1.29, 1.82) is 5.26 Å². The van der Waals surface area contributed by atoms with Crippen molar-refractivity contribution < 1.29 is 0 Å². The molecule has 0 atom stereocenters. The van der Waals surface area contributed by atoms with Gasteiger partial charge in [-0.1, -0.05) is 26.0 Å². The molecule has 1 N–H and O–H groups in total. The first-order valence-electron chi connectivity index (χ1n) is 6.92. The fourth-order valence-electron chi connectivity index (χ4n) is 2.25. The highest BCUT2D eigenvalue weighted by atomic mass is 15.0. The van der Waals surface area contributed by atoms with Gasteiger partial charge in [0.05, 0.1) is 0 Å². The Balaban J connectivity index is 2.13. The predicted molar refractivity (Wildman–Crippen MR) is 82.7 cm³/mol. The zero-order chi connectivity index (χ0) is 14.7. The van der Waals surface area contributed by atoms with Crippen molar-refractivity contribution >= 4 is 5.69 Å². The molecule has 3 heteroatoms. The molecule has 0 aliphatic heterocycles. The van der Waals surface area contributed by atoms with Crippen molar-refractivity contribution in [2.45, 2.75) is 33.2 Å². The van der Waals surface area contributed by atoms with E-state index in [2.05, 4.69) is 49.5 Å². The highest BCUT2D eigenvalue weighted by molar-refractivity contribution is 5.47. The van der Waals surface area contributed by atoms with E-state index in [4.69, 9.17) is 5.26 Å². The molecule has 0 aliphatic carbocycles. The van der Waals surface area contributed by atoms with Crippen LogP contribution in [-0.4, -0.2) is 4.57 Å². The van der Waals surface area contributed by atoms with Crippen molar-refractivity contribution in [3.05, 3.63) is 52.8 Å². The minimum atomic E-state index is 0.528. The summed E-state index contributed by atoms with van der Waals surface area (Å²) >= 11 is 0. The van der Waals surface area contributed by atoms with Crippen LogP contribution in [-0.2, 0) is 13.6 Å². The van der Waals surface area contributed by atoms with E-state index in [9.17, 15) is 0 Å². The second kappa shape index (κ2) is 5.83. The van der Waals surface area contributed by atoms with Gasteiger partial charge in [-0.2, -0.15) is 5.26 Å². The van der Waals surface area contributed by atoms with Gasteiger partial charge in [-0.3, -0.25) is 0 Å². The second-order valence-corrected chi connectivity index (χ2v) is 5.44. The van der Waals surface area contributed by atoms with E-state index < -0.39 is 0 Å². The fourth-order valence-corrected chi connectivity index (χ4v) is 2.25. The fraction of sp³-hybridized carbons (Fsp3) is 0.353. The van der Waals surface area contributed by atoms with Crippen molar-refractivity contribution in [1.82, 2.24) is 4.57 Å². The molecule has 104 valence electrons. The number of nitriles is 1. The lowest BCUT2D eigenvalue weighted by atomic mass is 10.0. The number of nitrogens with one attached hydrogen (secondary N) is 1. The number of benzene rings is 1. The SMILES string of the molecule is Cc1c(CNc2cccc(C(C)C)c2)cc(C#N)n1C. The van der Waals surface area contributed by atoms with E-state index in [1.54, 1.807) is 0 Å². The van der Waals surface area contributed by atoms with Gasteiger partial charge in [0.1, 0.15) is 11.8 Å². The lowest BCUT2D eigenvalue weighted by Gasteiger charge is -2.10. The Bertz CT molecular complexity index is 645. The molecule has 1 aromatic heterocycles. The van der Waals surface area contributed by atoms with E-state index in [1.165, 1.54) is 11.1 Å². The summed E-state index contributed by atoms with van der Waals surface area (Å²) in [6.07, 6.45) is 0. The summed E-state index contributed by atoms with van der Waals surface area (Å²) in [5.74, 6) is 0.528. The van der Waals surface area contributed by atoms with Gasteiger partial charge in [0.15, 0.2) is 0 Å². The molecule has 0 bridgehead atoms. The first-order chi connectivity index (χ1) is 9.52. The first-order valence-corrected chi connectivity index (χ1v) is 6.92. The summed E-state index contributed by atoms with van der Waals surface area (Å²) in [6.45, 7) is 7.17. The lowest BCUT2D eigenvalue weighted by molar-refractivity contribution is 0.855. The second-order valence-electron chi connectivity index (χ2n) is 5.44. The highest BCUT2D eigenvalue weighted by Gasteiger charge is 2.08. The van der Waals surface area contributed by atoms with Crippen LogP contribution in [0.5, 0.6) is 0 Å². The molecule has 2 aromatic rings. The van der Waals surface area contributed by atoms with E-state index in [0.717, 1.165) is 17.9 Å². The van der Waals surface area contributed by atoms with Gasteiger partial charge in [0.25, 0.3) is 0 Å². The normalized spacial score (nSPS) is 10.6. The molecule has 20 heavy (non-hydrogen) atoms. The number of rotatable bonds is 4. The summed E-state index contributed by atoms with van der Waals surface area (Å²) in [4.78, 5) is 0. The van der Waals surface area contributed by atoms with E-state index in [-0.39, 0.29) is 0 Å². The average Bonchev–Trinajstić information content (AvgIpc) is 2.73. The zero-order valence-corrected chi connectivity index (χ0v) is 12.6. The molecule has 2 rings (SSSR count). The number of anilines is 1. The molecule has 0 amide bonds. The van der Waals surface area contributed by atoms with Crippen LogP contribution >= 0.6 is 0 Å². The van der Waals surface area contributed by atoms with Gasteiger partial charge in [-0.25, -0.2) is 0 Å². The van der Waals surface area contributed by atoms with Crippen LogP contribution in [0, 0.1) is 18.3 Å². The highest BCUT2D eigenvalue weighted by Crippen LogP contribution is 2.20. The maximum Gasteiger partial charge on any atom is 0.120 e. The van der Waals surface area contributed by atoms with Gasteiger partial charge >= 0.3 is 0 Å². The molecule has 0 unspecified atom stereocenters. The van der Waals surface area contributed by atoms with Crippen LogP contribution in [0.4, 0.5) is 5.69 Å². The molecule has 1 heterocycles. The molecular formula is C17H21N3. The van der Waals surface area contributed by atoms with Crippen molar-refractivity contribution in [3.63, 3.8) is 0 Å². The van der Waals surface area contributed by atoms with Gasteiger partial charge in [0.2, 0.25) is 0 Å². The van der Waals surface area contributed by atoms with Gasteiger partial charge in [0, 0.05) is 25.0 Å². The maximum atomic E-state index is 9.05. The van der Waals surface area contributed by atoms with Gasteiger partial charge in [-0.15, -0.1) is 0 Å². The summed E-state index contributed by atoms with van der Waals surface area (Å²) in [5, 5.41) is 12.5. The first kappa shape index (κ1) is 14.2. The number of hydrogen-bond donors (Lipinski definition) is 1. The summed E-state index contributed by atoms with van der Waals surface area (Å²) in [6, 6.07) is 12.7. The lowest BCUT2D eigenvalue weighted by Crippen LogP contribution is -2.02. The Morgan fingerprint density at radius 3 is 2.65 bits per heavy atom. The quantitative estimate of drug-likeness (QED) is 0.911. The third-order valence-electron chi connectivity index (χ3n) is 3.79. The van der Waals surface area contributed by atoms with Crippen LogP contribution in [0.3, 0.4) is 0 Å². The Morgan fingerprint density at radius 2 is 2.05 bits per heavy atom. The standard InChI is InChI=1S/C17H21N3/c1-12(2)14-6-5-7-16(8-14)19-11-15-9-17(10-18)20(4)13(15)3/h5-9,12,19H,11H2,1-4H3. The minimum Gasteiger partial charge on any atom is -0.381 e. The third-order valence-corrected chi connectivity index (χ3v) is 3.79. The minimum absolute atomic E-state index is 0.528. The summed E-state index contributed by atoms with van der Waals surface area (Å²) < 4.78 is 1.93. The Morgan fingerprint density at radius 1 is 1.30 bits per heavy atom. The largest absolute Gasteiger partial charge is 0.381 e. The topological polar surface area (TPSA) is 40.8 Å². The smallest absolute Gasteiger partial charge is 0.120 e. The number of nitrogens with zero attached hydrogens (tertiary/aromatic N) is 2. The Kier molecular flexibility index (Phi) is 4.14. The molecule has 1 aromatic carbocycles. The summed E-state index contributed by atoms with van der Waals surface area (Å²) in [7, 11) is 1.93.